The maximum Gasteiger partial charge on any atom is 0.163 e. The van der Waals surface area contributed by atoms with Crippen LogP contribution in [0.25, 0.3) is 11.4 Å². The van der Waals surface area contributed by atoms with Gasteiger partial charge in [0.1, 0.15) is 5.82 Å². The third kappa shape index (κ3) is 3.95. The van der Waals surface area contributed by atoms with Crippen LogP contribution in [0.5, 0.6) is 0 Å². The van der Waals surface area contributed by atoms with E-state index in [2.05, 4.69) is 26.7 Å². The Balaban J connectivity index is 1.52. The van der Waals surface area contributed by atoms with Crippen LogP contribution in [0.2, 0.25) is 5.02 Å². The summed E-state index contributed by atoms with van der Waals surface area (Å²) >= 11 is 6.01. The van der Waals surface area contributed by atoms with Crippen LogP contribution in [0.15, 0.2) is 24.3 Å². The Morgan fingerprint density at radius 2 is 1.88 bits per heavy atom. The lowest BCUT2D eigenvalue weighted by molar-refractivity contribution is 0.0526. The van der Waals surface area contributed by atoms with E-state index < -0.39 is 0 Å². The Morgan fingerprint density at radius 3 is 2.58 bits per heavy atom. The molecule has 1 aliphatic carbocycles. The average Bonchev–Trinajstić information content (AvgIpc) is 3.39. The molecule has 1 unspecified atom stereocenters. The summed E-state index contributed by atoms with van der Waals surface area (Å²) in [6.45, 7) is 2.75. The molecule has 1 saturated heterocycles. The van der Waals surface area contributed by atoms with E-state index in [9.17, 15) is 0 Å². The molecule has 6 heteroatoms. The molecule has 0 bridgehead atoms. The van der Waals surface area contributed by atoms with Crippen molar-refractivity contribution in [2.45, 2.75) is 57.2 Å². The van der Waals surface area contributed by atoms with Gasteiger partial charge < -0.3 is 9.30 Å². The molecule has 2 fully saturated rings. The highest BCUT2D eigenvalue weighted by atomic mass is 35.5. The van der Waals surface area contributed by atoms with E-state index in [0.29, 0.717) is 12.1 Å². The second-order valence-corrected chi connectivity index (χ2v) is 7.94. The lowest BCUT2D eigenvalue weighted by Gasteiger charge is -2.30. The largest absolute Gasteiger partial charge is 0.377 e. The van der Waals surface area contributed by atoms with Crippen molar-refractivity contribution in [1.29, 1.82) is 0 Å². The fourth-order valence-corrected chi connectivity index (χ4v) is 4.32. The van der Waals surface area contributed by atoms with Crippen LogP contribution >= 0.6 is 11.6 Å². The number of hydrogen-bond donors (Lipinski definition) is 0. The van der Waals surface area contributed by atoms with E-state index in [1.54, 1.807) is 0 Å². The van der Waals surface area contributed by atoms with Gasteiger partial charge >= 0.3 is 0 Å². The van der Waals surface area contributed by atoms with E-state index in [4.69, 9.17) is 16.3 Å². The van der Waals surface area contributed by atoms with E-state index in [1.165, 1.54) is 38.5 Å². The molecule has 2 aromatic rings. The van der Waals surface area contributed by atoms with Crippen molar-refractivity contribution in [2.24, 2.45) is 7.05 Å². The van der Waals surface area contributed by atoms with Crippen molar-refractivity contribution in [1.82, 2.24) is 19.7 Å². The Labute approximate surface area is 160 Å². The summed E-state index contributed by atoms with van der Waals surface area (Å²) in [5.74, 6) is 1.90. The highest BCUT2D eigenvalue weighted by Gasteiger charge is 2.28. The lowest BCUT2D eigenvalue weighted by atomic mass is 10.1. The minimum absolute atomic E-state index is 0.375. The number of halogens is 1. The molecular weight excluding hydrogens is 348 g/mol. The number of ether oxygens (including phenoxy) is 1. The Kier molecular flexibility index (Phi) is 5.57. The van der Waals surface area contributed by atoms with Crippen LogP contribution in [-0.2, 0) is 18.3 Å². The summed E-state index contributed by atoms with van der Waals surface area (Å²) < 4.78 is 8.01. The van der Waals surface area contributed by atoms with Crippen molar-refractivity contribution in [3.05, 3.63) is 35.1 Å². The SMILES string of the molecule is Cn1c(CN(CC2CCCO2)C2CCCC2)nnc1-c1ccc(Cl)cc1. The third-order valence-corrected chi connectivity index (χ3v) is 5.97. The number of nitrogens with zero attached hydrogens (tertiary/aromatic N) is 4. The van der Waals surface area contributed by atoms with E-state index in [1.807, 2.05) is 24.3 Å². The molecule has 0 radical (unpaired) electrons. The minimum atomic E-state index is 0.375. The molecule has 1 aliphatic heterocycles. The van der Waals surface area contributed by atoms with Gasteiger partial charge in [0.25, 0.3) is 0 Å². The molecule has 140 valence electrons. The summed E-state index contributed by atoms with van der Waals surface area (Å²) in [5, 5.41) is 9.67. The van der Waals surface area contributed by atoms with Gasteiger partial charge in [-0.3, -0.25) is 4.90 Å². The highest BCUT2D eigenvalue weighted by molar-refractivity contribution is 6.30. The molecule has 2 heterocycles. The first-order valence-electron chi connectivity index (χ1n) is 9.70. The molecule has 1 saturated carbocycles. The molecule has 1 aromatic heterocycles. The van der Waals surface area contributed by atoms with Gasteiger partial charge in [-0.15, -0.1) is 10.2 Å². The predicted octanol–water partition coefficient (Wildman–Crippen LogP) is 4.06. The fourth-order valence-electron chi connectivity index (χ4n) is 4.19. The molecule has 2 aliphatic rings. The number of aromatic nitrogens is 3. The number of hydrogen-bond acceptors (Lipinski definition) is 4. The van der Waals surface area contributed by atoms with E-state index >= 15 is 0 Å². The molecule has 26 heavy (non-hydrogen) atoms. The maximum atomic E-state index is 6.01. The first-order chi connectivity index (χ1) is 12.7. The van der Waals surface area contributed by atoms with Gasteiger partial charge in [0.05, 0.1) is 12.6 Å². The topological polar surface area (TPSA) is 43.2 Å². The number of benzene rings is 1. The summed E-state index contributed by atoms with van der Waals surface area (Å²) in [7, 11) is 2.05. The second kappa shape index (κ2) is 8.07. The van der Waals surface area contributed by atoms with Crippen molar-refractivity contribution in [3.63, 3.8) is 0 Å². The average molecular weight is 375 g/mol. The third-order valence-electron chi connectivity index (χ3n) is 5.72. The van der Waals surface area contributed by atoms with Crippen LogP contribution in [0.1, 0.15) is 44.3 Å². The zero-order valence-electron chi connectivity index (χ0n) is 15.4. The van der Waals surface area contributed by atoms with Crippen molar-refractivity contribution in [2.75, 3.05) is 13.2 Å². The van der Waals surface area contributed by atoms with Crippen molar-refractivity contribution < 1.29 is 4.74 Å². The normalized spacial score (nSPS) is 21.1. The fraction of sp³-hybridized carbons (Fsp3) is 0.600. The van der Waals surface area contributed by atoms with Crippen molar-refractivity contribution in [3.8, 4) is 11.4 Å². The van der Waals surface area contributed by atoms with Gasteiger partial charge in [-0.2, -0.15) is 0 Å². The molecule has 0 spiro atoms. The Hall–Kier alpha value is -1.43. The summed E-state index contributed by atoms with van der Waals surface area (Å²) in [6, 6.07) is 8.44. The first kappa shape index (κ1) is 18.0. The molecule has 0 amide bonds. The molecule has 0 N–H and O–H groups in total. The lowest BCUT2D eigenvalue weighted by Crippen LogP contribution is -2.39. The highest BCUT2D eigenvalue weighted by Crippen LogP contribution is 2.27. The summed E-state index contributed by atoms with van der Waals surface area (Å²) in [5.41, 5.74) is 1.04. The maximum absolute atomic E-state index is 6.01. The standard InChI is InChI=1S/C20H27ClN4O/c1-24-19(22-23-20(24)15-8-10-16(21)11-9-15)14-25(17-5-2-3-6-17)13-18-7-4-12-26-18/h8-11,17-18H,2-7,12-14H2,1H3. The smallest absolute Gasteiger partial charge is 0.163 e. The Morgan fingerprint density at radius 1 is 1.12 bits per heavy atom. The summed E-state index contributed by atoms with van der Waals surface area (Å²) in [4.78, 5) is 2.58. The van der Waals surface area contributed by atoms with Crippen molar-refractivity contribution >= 4 is 11.6 Å². The quantitative estimate of drug-likeness (QED) is 0.764. The molecule has 1 aromatic carbocycles. The predicted molar refractivity (Wildman–Crippen MR) is 103 cm³/mol. The monoisotopic (exact) mass is 374 g/mol. The van der Waals surface area contributed by atoms with Gasteiger partial charge in [0.2, 0.25) is 0 Å². The van der Waals surface area contributed by atoms with E-state index in [-0.39, 0.29) is 0 Å². The minimum Gasteiger partial charge on any atom is -0.377 e. The molecular formula is C20H27ClN4O. The molecule has 5 nitrogen and oxygen atoms in total. The van der Waals surface area contributed by atoms with Gasteiger partial charge in [-0.05, 0) is 49.9 Å². The zero-order chi connectivity index (χ0) is 17.9. The van der Waals surface area contributed by atoms with Gasteiger partial charge in [0, 0.05) is 36.8 Å². The molecule has 1 atom stereocenters. The zero-order valence-corrected chi connectivity index (χ0v) is 16.2. The molecule has 4 rings (SSSR count). The van der Waals surface area contributed by atoms with Crippen LogP contribution in [0, 0.1) is 0 Å². The van der Waals surface area contributed by atoms with Gasteiger partial charge in [0.15, 0.2) is 5.82 Å². The van der Waals surface area contributed by atoms with Crippen LogP contribution in [0.4, 0.5) is 0 Å². The van der Waals surface area contributed by atoms with Gasteiger partial charge in [-0.25, -0.2) is 0 Å². The summed E-state index contributed by atoms with van der Waals surface area (Å²) in [6.07, 6.45) is 7.98. The Bertz CT molecular complexity index is 718. The van der Waals surface area contributed by atoms with Crippen LogP contribution in [0.3, 0.4) is 0 Å². The first-order valence-corrected chi connectivity index (χ1v) is 10.1. The van der Waals surface area contributed by atoms with Crippen LogP contribution in [-0.4, -0.2) is 45.0 Å². The van der Waals surface area contributed by atoms with Crippen LogP contribution < -0.4 is 0 Å². The van der Waals surface area contributed by atoms with E-state index in [0.717, 1.165) is 41.9 Å². The van der Waals surface area contributed by atoms with Gasteiger partial charge in [-0.1, -0.05) is 24.4 Å². The number of rotatable bonds is 6. The second-order valence-electron chi connectivity index (χ2n) is 7.51.